The molecule has 5 heteroatoms. The fourth-order valence-electron chi connectivity index (χ4n) is 2.29. The Morgan fingerprint density at radius 2 is 1.74 bits per heavy atom. The molecule has 0 heterocycles. The first kappa shape index (κ1) is 16.5. The van der Waals surface area contributed by atoms with Crippen molar-refractivity contribution in [1.82, 2.24) is 0 Å². The Morgan fingerprint density at radius 1 is 1.13 bits per heavy atom. The predicted molar refractivity (Wildman–Crippen MR) is 90.6 cm³/mol. The molecule has 2 rings (SSSR count). The lowest BCUT2D eigenvalue weighted by Gasteiger charge is -2.25. The van der Waals surface area contributed by atoms with Crippen LogP contribution in [-0.2, 0) is 0 Å². The second-order valence-electron chi connectivity index (χ2n) is 5.57. The summed E-state index contributed by atoms with van der Waals surface area (Å²) in [5.41, 5.74) is 0.577. The van der Waals surface area contributed by atoms with E-state index >= 15 is 0 Å². The molecule has 0 aromatic heterocycles. The first-order valence-electron chi connectivity index (χ1n) is 7.23. The average molecular weight is 312 g/mol. The highest BCUT2D eigenvalue weighted by Crippen LogP contribution is 2.20. The van der Waals surface area contributed by atoms with Gasteiger partial charge in [-0.3, -0.25) is 0 Å². The van der Waals surface area contributed by atoms with Crippen LogP contribution in [-0.4, -0.2) is 34.5 Å². The van der Waals surface area contributed by atoms with Crippen molar-refractivity contribution in [3.63, 3.8) is 0 Å². The molecular weight excluding hydrogens is 292 g/mol. The van der Waals surface area contributed by atoms with E-state index in [-0.39, 0.29) is 0 Å². The first-order chi connectivity index (χ1) is 11.0. The molecule has 0 aliphatic rings. The van der Waals surface area contributed by atoms with Crippen LogP contribution < -0.4 is 4.74 Å². The number of nitrogens with zero attached hydrogens (tertiary/aromatic N) is 2. The summed E-state index contributed by atoms with van der Waals surface area (Å²) in [6.45, 7) is 3.40. The molecule has 120 valence electrons. The van der Waals surface area contributed by atoms with Gasteiger partial charge in [-0.15, -0.1) is 0 Å². The minimum Gasteiger partial charge on any atom is -0.623 e. The van der Waals surface area contributed by atoms with E-state index in [4.69, 9.17) is 4.74 Å². The fraction of sp³-hybridized carbons (Fsp3) is 0.222. The molecule has 0 saturated carbocycles. The van der Waals surface area contributed by atoms with E-state index < -0.39 is 5.54 Å². The van der Waals surface area contributed by atoms with Crippen LogP contribution in [0.2, 0.25) is 0 Å². The summed E-state index contributed by atoms with van der Waals surface area (Å²) in [4.78, 5) is 0. The molecule has 0 radical (unpaired) electrons. The van der Waals surface area contributed by atoms with E-state index in [0.29, 0.717) is 22.6 Å². The lowest BCUT2D eigenvalue weighted by molar-refractivity contribution is -0.512. The van der Waals surface area contributed by atoms with Gasteiger partial charge in [-0.2, -0.15) is 0 Å². The highest BCUT2D eigenvalue weighted by Gasteiger charge is 2.35. The third kappa shape index (κ3) is 3.51. The number of oxime groups is 1. The summed E-state index contributed by atoms with van der Waals surface area (Å²) < 4.78 is 6.02. The number of hydrogen-bond donors (Lipinski definition) is 1. The van der Waals surface area contributed by atoms with Gasteiger partial charge in [0, 0.05) is 19.4 Å². The molecule has 0 spiro atoms. The maximum Gasteiger partial charge on any atom is 0.213 e. The van der Waals surface area contributed by atoms with Crippen LogP contribution in [0, 0.1) is 5.21 Å². The molecule has 0 fully saturated rings. The van der Waals surface area contributed by atoms with Crippen LogP contribution >= 0.6 is 0 Å². The van der Waals surface area contributed by atoms with Gasteiger partial charge in [-0.25, -0.2) is 4.74 Å². The molecule has 0 bridgehead atoms. The zero-order valence-electron chi connectivity index (χ0n) is 13.4. The Bertz CT molecular complexity index is 722. The number of methoxy groups -OCH3 is 1. The highest BCUT2D eigenvalue weighted by atomic mass is 16.5. The predicted octanol–water partition coefficient (Wildman–Crippen LogP) is 3.28. The average Bonchev–Trinajstić information content (AvgIpc) is 2.56. The molecule has 0 saturated heterocycles. The summed E-state index contributed by atoms with van der Waals surface area (Å²) in [5, 5.41) is 25.5. The van der Waals surface area contributed by atoms with Crippen LogP contribution in [0.3, 0.4) is 0 Å². The van der Waals surface area contributed by atoms with Crippen LogP contribution in [0.5, 0.6) is 5.75 Å². The standard InChI is InChI=1S/C18H20N2O3/c1-18(2,17(19-21)14-9-5-4-6-10-14)20(22)13-15-11-7-8-12-16(15)23-3/h4-13,21H,1-3H3/b19-17+,20-13+. The van der Waals surface area contributed by atoms with E-state index in [1.807, 2.05) is 30.3 Å². The Balaban J connectivity index is 2.43. The van der Waals surface area contributed by atoms with Crippen molar-refractivity contribution in [2.75, 3.05) is 7.11 Å². The monoisotopic (exact) mass is 312 g/mol. The van der Waals surface area contributed by atoms with Crippen LogP contribution in [0.25, 0.3) is 0 Å². The smallest absolute Gasteiger partial charge is 0.213 e. The highest BCUT2D eigenvalue weighted by molar-refractivity contribution is 6.06. The number of para-hydroxylation sites is 1. The van der Waals surface area contributed by atoms with E-state index in [2.05, 4.69) is 5.16 Å². The van der Waals surface area contributed by atoms with E-state index in [0.717, 1.165) is 4.74 Å². The van der Waals surface area contributed by atoms with Crippen LogP contribution in [0.4, 0.5) is 0 Å². The second-order valence-corrected chi connectivity index (χ2v) is 5.57. The molecule has 0 unspecified atom stereocenters. The molecule has 2 aromatic carbocycles. The second kappa shape index (κ2) is 6.96. The van der Waals surface area contributed by atoms with Gasteiger partial charge < -0.3 is 15.2 Å². The molecular formula is C18H20N2O3. The molecule has 0 amide bonds. The largest absolute Gasteiger partial charge is 0.623 e. The molecule has 5 nitrogen and oxygen atoms in total. The zero-order chi connectivity index (χ0) is 16.9. The molecule has 0 aliphatic heterocycles. The number of hydrogen-bond acceptors (Lipinski definition) is 4. The lowest BCUT2D eigenvalue weighted by atomic mass is 9.92. The minimum absolute atomic E-state index is 0.291. The van der Waals surface area contributed by atoms with Gasteiger partial charge in [-0.1, -0.05) is 47.6 Å². The molecule has 0 aliphatic carbocycles. The van der Waals surface area contributed by atoms with Gasteiger partial charge in [0.2, 0.25) is 5.54 Å². The van der Waals surface area contributed by atoms with Crippen molar-refractivity contribution in [3.05, 3.63) is 70.9 Å². The maximum absolute atomic E-state index is 12.7. The van der Waals surface area contributed by atoms with Crippen molar-refractivity contribution in [1.29, 1.82) is 0 Å². The van der Waals surface area contributed by atoms with Gasteiger partial charge in [0.05, 0.1) is 12.7 Å². The Kier molecular flexibility index (Phi) is 5.01. The van der Waals surface area contributed by atoms with Crippen LogP contribution in [0.1, 0.15) is 25.0 Å². The quantitative estimate of drug-likeness (QED) is 0.303. The minimum atomic E-state index is -1.06. The van der Waals surface area contributed by atoms with Crippen molar-refractivity contribution >= 4 is 11.9 Å². The third-order valence-corrected chi connectivity index (χ3v) is 3.67. The summed E-state index contributed by atoms with van der Waals surface area (Å²) in [5.74, 6) is 0.603. The first-order valence-corrected chi connectivity index (χ1v) is 7.23. The molecule has 23 heavy (non-hydrogen) atoms. The van der Waals surface area contributed by atoms with Crippen molar-refractivity contribution < 1.29 is 14.7 Å². The van der Waals surface area contributed by atoms with Gasteiger partial charge in [0.1, 0.15) is 5.75 Å². The van der Waals surface area contributed by atoms with Crippen molar-refractivity contribution in [2.45, 2.75) is 19.4 Å². The SMILES string of the molecule is COc1ccccc1/C=[N+](/[O-])C(C)(C)/C(=N/O)c1ccccc1. The number of hydroxylamine groups is 1. The normalized spacial score (nSPS) is 13.0. The third-order valence-electron chi connectivity index (χ3n) is 3.67. The van der Waals surface area contributed by atoms with Gasteiger partial charge in [0.15, 0.2) is 11.9 Å². The Hall–Kier alpha value is -2.82. The fourth-order valence-corrected chi connectivity index (χ4v) is 2.29. The summed E-state index contributed by atoms with van der Waals surface area (Å²) in [6, 6.07) is 16.4. The van der Waals surface area contributed by atoms with E-state index in [9.17, 15) is 10.4 Å². The number of benzene rings is 2. The number of ether oxygens (including phenoxy) is 1. The van der Waals surface area contributed by atoms with Gasteiger partial charge >= 0.3 is 0 Å². The van der Waals surface area contributed by atoms with Gasteiger partial charge in [-0.05, 0) is 12.1 Å². The summed E-state index contributed by atoms with van der Waals surface area (Å²) >= 11 is 0. The Labute approximate surface area is 135 Å². The topological polar surface area (TPSA) is 67.9 Å². The maximum atomic E-state index is 12.7. The van der Waals surface area contributed by atoms with Crippen LogP contribution in [0.15, 0.2) is 59.8 Å². The molecule has 2 aromatic rings. The van der Waals surface area contributed by atoms with E-state index in [1.165, 1.54) is 6.21 Å². The molecule has 1 N–H and O–H groups in total. The molecule has 0 atom stereocenters. The number of rotatable bonds is 5. The van der Waals surface area contributed by atoms with E-state index in [1.54, 1.807) is 45.2 Å². The lowest BCUT2D eigenvalue weighted by Crippen LogP contribution is -2.42. The van der Waals surface area contributed by atoms with Crippen molar-refractivity contribution in [2.24, 2.45) is 5.16 Å². The summed E-state index contributed by atoms with van der Waals surface area (Å²) in [7, 11) is 1.55. The zero-order valence-corrected chi connectivity index (χ0v) is 13.4. The Morgan fingerprint density at radius 3 is 2.35 bits per heavy atom. The summed E-state index contributed by atoms with van der Waals surface area (Å²) in [6.07, 6.45) is 1.44. The van der Waals surface area contributed by atoms with Gasteiger partial charge in [0.25, 0.3) is 0 Å². The van der Waals surface area contributed by atoms with Crippen molar-refractivity contribution in [3.8, 4) is 5.75 Å².